The maximum atomic E-state index is 6.53. The lowest BCUT2D eigenvalue weighted by Crippen LogP contribution is -2.23. The molecule has 2 nitrogen and oxygen atoms in total. The fourth-order valence-electron chi connectivity index (χ4n) is 3.68. The molecule has 3 atom stereocenters. The van der Waals surface area contributed by atoms with Crippen LogP contribution in [0, 0.1) is 0 Å². The quantitative estimate of drug-likeness (QED) is 0.570. The summed E-state index contributed by atoms with van der Waals surface area (Å²) in [5.41, 5.74) is 4.32. The van der Waals surface area contributed by atoms with Gasteiger partial charge in [0.1, 0.15) is 0 Å². The molecule has 138 valence electrons. The number of benzene rings is 1. The van der Waals surface area contributed by atoms with Crippen molar-refractivity contribution < 1.29 is 4.42 Å². The van der Waals surface area contributed by atoms with E-state index in [0.29, 0.717) is 17.2 Å². The molecule has 27 heavy (non-hydrogen) atoms. The van der Waals surface area contributed by atoms with Crippen LogP contribution in [-0.4, -0.2) is 16.3 Å². The molecule has 0 saturated heterocycles. The number of hydrogen-bond donors (Lipinski definition) is 0. The van der Waals surface area contributed by atoms with E-state index in [9.17, 15) is 0 Å². The van der Waals surface area contributed by atoms with Crippen LogP contribution in [0.5, 0.6) is 0 Å². The van der Waals surface area contributed by atoms with Crippen molar-refractivity contribution in [1.29, 1.82) is 0 Å². The van der Waals surface area contributed by atoms with E-state index in [0.717, 1.165) is 35.5 Å². The van der Waals surface area contributed by atoms with Crippen molar-refractivity contribution in [3.63, 3.8) is 0 Å². The highest BCUT2D eigenvalue weighted by atomic mass is 31.1. The number of aromatic nitrogens is 1. The van der Waals surface area contributed by atoms with Gasteiger partial charge in [-0.2, -0.15) is 0 Å². The van der Waals surface area contributed by atoms with Crippen molar-refractivity contribution in [2.75, 3.05) is 0 Å². The van der Waals surface area contributed by atoms with E-state index in [-0.39, 0.29) is 0 Å². The number of rotatable bonds is 5. The molecule has 1 heterocycles. The first-order valence-corrected chi connectivity index (χ1v) is 11.2. The lowest BCUT2D eigenvalue weighted by atomic mass is 10.1. The van der Waals surface area contributed by atoms with Crippen molar-refractivity contribution in [3.05, 3.63) is 84.6 Å². The highest BCUT2D eigenvalue weighted by molar-refractivity contribution is 7.67. The second kappa shape index (κ2) is 8.23. The molecule has 2 aromatic rings. The summed E-state index contributed by atoms with van der Waals surface area (Å²) in [5.74, 6) is 1.10. The predicted octanol–water partition coefficient (Wildman–Crippen LogP) is 6.34. The summed E-state index contributed by atoms with van der Waals surface area (Å²) >= 11 is 0. The van der Waals surface area contributed by atoms with E-state index in [1.54, 1.807) is 0 Å². The largest absolute Gasteiger partial charge is 0.436 e. The molecule has 0 bridgehead atoms. The predicted molar refractivity (Wildman–Crippen MR) is 116 cm³/mol. The molecule has 4 rings (SSSR count). The summed E-state index contributed by atoms with van der Waals surface area (Å²) in [6.45, 7) is 4.44. The highest BCUT2D eigenvalue weighted by Crippen LogP contribution is 2.52. The lowest BCUT2D eigenvalue weighted by Gasteiger charge is -2.31. The second-order valence-electron chi connectivity index (χ2n) is 7.37. The maximum Gasteiger partial charge on any atom is 0.227 e. The Labute approximate surface area is 163 Å². The number of hydrogen-bond acceptors (Lipinski definition) is 2. The number of allylic oxidation sites excluding steroid dienone is 8. The molecule has 0 fully saturated rings. The summed E-state index contributed by atoms with van der Waals surface area (Å²) in [7, 11) is -0.520. The smallest absolute Gasteiger partial charge is 0.227 e. The molecule has 2 unspecified atom stereocenters. The molecule has 1 aromatic heterocycles. The second-order valence-corrected chi connectivity index (χ2v) is 9.92. The Morgan fingerprint density at radius 2 is 1.56 bits per heavy atom. The Kier molecular flexibility index (Phi) is 5.55. The third kappa shape index (κ3) is 3.92. The average Bonchev–Trinajstić information content (AvgIpc) is 3.16. The first-order valence-electron chi connectivity index (χ1n) is 9.75. The monoisotopic (exact) mass is 375 g/mol. The van der Waals surface area contributed by atoms with Gasteiger partial charge in [0.05, 0.1) is 5.69 Å². The summed E-state index contributed by atoms with van der Waals surface area (Å²) < 4.78 is 6.53. The summed E-state index contributed by atoms with van der Waals surface area (Å²) in [5, 5.41) is 0. The molecule has 0 saturated carbocycles. The van der Waals surface area contributed by atoms with Gasteiger partial charge >= 0.3 is 0 Å². The minimum atomic E-state index is -0.520. The molecule has 0 spiro atoms. The van der Waals surface area contributed by atoms with Crippen LogP contribution in [0.15, 0.2) is 83.4 Å². The van der Waals surface area contributed by atoms with Crippen LogP contribution in [-0.2, 0) is 0 Å². The van der Waals surface area contributed by atoms with E-state index in [1.807, 2.05) is 18.2 Å². The third-order valence-corrected chi connectivity index (χ3v) is 8.05. The molecule has 0 aliphatic heterocycles. The van der Waals surface area contributed by atoms with Crippen LogP contribution in [0.4, 0.5) is 0 Å². The van der Waals surface area contributed by atoms with Crippen LogP contribution < -0.4 is 5.50 Å². The number of oxazole rings is 1. The van der Waals surface area contributed by atoms with E-state index in [4.69, 9.17) is 9.40 Å². The van der Waals surface area contributed by atoms with Crippen LogP contribution >= 0.6 is 7.92 Å². The van der Waals surface area contributed by atoms with Gasteiger partial charge in [-0.3, -0.25) is 0 Å². The van der Waals surface area contributed by atoms with E-state index in [1.165, 1.54) is 0 Å². The van der Waals surface area contributed by atoms with Crippen LogP contribution in [0.1, 0.15) is 38.3 Å². The summed E-state index contributed by atoms with van der Waals surface area (Å²) in [6, 6.07) is 10.3. The summed E-state index contributed by atoms with van der Waals surface area (Å²) in [6.07, 6.45) is 20.1. The fraction of sp³-hybridized carbons (Fsp3) is 0.292. The lowest BCUT2D eigenvalue weighted by molar-refractivity contribution is 0.604. The SMILES string of the molecule is CC(C)c1nc(-c2ccccc2)oc1P(C1C=CC=CC1)[C@H]1C=CC=CC1. The van der Waals surface area contributed by atoms with Gasteiger partial charge in [-0.25, -0.2) is 4.98 Å². The third-order valence-electron chi connectivity index (χ3n) is 5.07. The van der Waals surface area contributed by atoms with Gasteiger partial charge in [0.2, 0.25) is 5.89 Å². The standard InChI is InChI=1S/C24H26NOP/c1-18(2)22-24(26-23(25-22)19-12-6-3-7-13-19)27(20-14-8-4-9-15-20)21-16-10-5-11-17-21/h3-14,16,18,20-21H,15,17H2,1-2H3/t20-,21?,27?/m0/s1. The minimum Gasteiger partial charge on any atom is -0.436 e. The first-order chi connectivity index (χ1) is 13.2. The molecule has 2 aliphatic rings. The molecule has 3 heteroatoms. The van der Waals surface area contributed by atoms with Gasteiger partial charge in [-0.1, -0.05) is 80.7 Å². The van der Waals surface area contributed by atoms with E-state index >= 15 is 0 Å². The minimum absolute atomic E-state index is 0.345. The molecular formula is C24H26NOP. The first kappa shape index (κ1) is 18.2. The zero-order valence-corrected chi connectivity index (χ0v) is 16.8. The fourth-order valence-corrected chi connectivity index (χ4v) is 6.81. The maximum absolute atomic E-state index is 6.53. The molecule has 0 radical (unpaired) electrons. The van der Waals surface area contributed by atoms with Gasteiger partial charge < -0.3 is 4.42 Å². The molecule has 0 N–H and O–H groups in total. The van der Waals surface area contributed by atoms with Crippen molar-refractivity contribution in [1.82, 2.24) is 4.98 Å². The van der Waals surface area contributed by atoms with E-state index in [2.05, 4.69) is 74.6 Å². The zero-order valence-electron chi connectivity index (χ0n) is 16.0. The van der Waals surface area contributed by atoms with Gasteiger partial charge in [0.25, 0.3) is 0 Å². The normalized spacial score (nSPS) is 22.5. The van der Waals surface area contributed by atoms with E-state index < -0.39 is 7.92 Å². The molecule has 0 amide bonds. The Bertz CT molecular complexity index is 858. The highest BCUT2D eigenvalue weighted by Gasteiger charge is 2.34. The Balaban J connectivity index is 1.79. The van der Waals surface area contributed by atoms with Gasteiger partial charge in [0.15, 0.2) is 5.50 Å². The van der Waals surface area contributed by atoms with Crippen LogP contribution in [0.2, 0.25) is 0 Å². The van der Waals surface area contributed by atoms with Crippen molar-refractivity contribution >= 4 is 13.4 Å². The van der Waals surface area contributed by atoms with Gasteiger partial charge in [0, 0.05) is 16.9 Å². The van der Waals surface area contributed by atoms with Crippen molar-refractivity contribution in [3.8, 4) is 11.5 Å². The van der Waals surface area contributed by atoms with Gasteiger partial charge in [-0.05, 0) is 38.8 Å². The molecule has 1 aromatic carbocycles. The zero-order chi connectivity index (χ0) is 18.6. The molecular weight excluding hydrogens is 349 g/mol. The topological polar surface area (TPSA) is 26.0 Å². The Morgan fingerprint density at radius 3 is 2.07 bits per heavy atom. The Hall–Kier alpha value is -2.18. The average molecular weight is 375 g/mol. The Morgan fingerprint density at radius 1 is 0.926 bits per heavy atom. The summed E-state index contributed by atoms with van der Waals surface area (Å²) in [4.78, 5) is 4.96. The number of nitrogens with zero attached hydrogens (tertiary/aromatic N) is 1. The van der Waals surface area contributed by atoms with Crippen molar-refractivity contribution in [2.45, 2.75) is 43.9 Å². The van der Waals surface area contributed by atoms with Gasteiger partial charge in [-0.15, -0.1) is 0 Å². The van der Waals surface area contributed by atoms with Crippen LogP contribution in [0.25, 0.3) is 11.5 Å². The van der Waals surface area contributed by atoms with Crippen LogP contribution in [0.3, 0.4) is 0 Å². The molecule has 2 aliphatic carbocycles. The van der Waals surface area contributed by atoms with Crippen molar-refractivity contribution in [2.24, 2.45) is 0 Å².